The lowest BCUT2D eigenvalue weighted by atomic mass is 10.1. The van der Waals surface area contributed by atoms with E-state index in [1.54, 1.807) is 19.1 Å². The Morgan fingerprint density at radius 3 is 2.70 bits per heavy atom. The van der Waals surface area contributed by atoms with Crippen LogP contribution in [0.4, 0.5) is 30.6 Å². The highest BCUT2D eigenvalue weighted by atomic mass is 35.5. The molecule has 1 aromatic carbocycles. The van der Waals surface area contributed by atoms with Crippen molar-refractivity contribution >= 4 is 40.8 Å². The number of hydrogen-bond donors (Lipinski definition) is 4. The molecule has 0 spiro atoms. The Morgan fingerprint density at radius 1 is 1.20 bits per heavy atom. The molecule has 4 N–H and O–H groups in total. The van der Waals surface area contributed by atoms with E-state index in [-0.39, 0.29) is 35.3 Å². The summed E-state index contributed by atoms with van der Waals surface area (Å²) in [5, 5.41) is 9.49. The van der Waals surface area contributed by atoms with Gasteiger partial charge in [-0.1, -0.05) is 0 Å². The number of alkyl halides is 3. The van der Waals surface area contributed by atoms with E-state index in [1.165, 1.54) is 6.20 Å². The Hall–Kier alpha value is -2.85. The molecule has 0 radical (unpaired) electrons. The van der Waals surface area contributed by atoms with Gasteiger partial charge in [0.05, 0.1) is 11.1 Å². The molecule has 0 saturated carbocycles. The summed E-state index contributed by atoms with van der Waals surface area (Å²) in [5.41, 5.74) is -0.187. The van der Waals surface area contributed by atoms with Crippen molar-refractivity contribution in [3.63, 3.8) is 0 Å². The van der Waals surface area contributed by atoms with E-state index in [0.29, 0.717) is 17.0 Å². The number of fused-ring (bicyclic) bond motifs is 1. The summed E-state index contributed by atoms with van der Waals surface area (Å²) in [4.78, 5) is 23.7. The topological polar surface area (TPSA) is 94.7 Å². The van der Waals surface area contributed by atoms with E-state index in [2.05, 4.69) is 30.9 Å². The second-order valence-corrected chi connectivity index (χ2v) is 7.01. The molecule has 3 heterocycles. The van der Waals surface area contributed by atoms with Gasteiger partial charge in [0.1, 0.15) is 11.2 Å². The fraction of sp³-hybridized carbons (Fsp3) is 0.316. The first-order chi connectivity index (χ1) is 13.8. The fourth-order valence-electron chi connectivity index (χ4n) is 3.36. The average molecular weight is 441 g/mol. The molecule has 2 aromatic heterocycles. The van der Waals surface area contributed by atoms with Crippen molar-refractivity contribution in [3.05, 3.63) is 51.9 Å². The summed E-state index contributed by atoms with van der Waals surface area (Å²) in [6.45, 7) is 3.21. The zero-order chi connectivity index (χ0) is 20.6. The number of rotatable bonds is 4. The summed E-state index contributed by atoms with van der Waals surface area (Å²) in [7, 11) is 0. The first-order valence-electron chi connectivity index (χ1n) is 9.12. The lowest BCUT2D eigenvalue weighted by Gasteiger charge is -2.15. The van der Waals surface area contributed by atoms with Crippen molar-refractivity contribution in [3.8, 4) is 0 Å². The third-order valence-corrected chi connectivity index (χ3v) is 4.68. The van der Waals surface area contributed by atoms with E-state index in [0.717, 1.165) is 31.6 Å². The molecular weight excluding hydrogens is 421 g/mol. The number of nitrogens with one attached hydrogen (secondary N) is 4. The molecular formula is C19H20ClF3N6O. The molecule has 1 aliphatic rings. The molecule has 0 bridgehead atoms. The highest BCUT2D eigenvalue weighted by molar-refractivity contribution is 5.91. The normalized spacial score (nSPS) is 16.3. The highest BCUT2D eigenvalue weighted by Crippen LogP contribution is 2.33. The number of aromatic nitrogens is 3. The Labute approximate surface area is 175 Å². The van der Waals surface area contributed by atoms with E-state index in [1.807, 2.05) is 0 Å². The lowest BCUT2D eigenvalue weighted by Crippen LogP contribution is -2.24. The Bertz CT molecular complexity index is 1110. The van der Waals surface area contributed by atoms with Crippen LogP contribution in [0.3, 0.4) is 0 Å². The van der Waals surface area contributed by atoms with Crippen LogP contribution >= 0.6 is 12.4 Å². The van der Waals surface area contributed by atoms with Gasteiger partial charge in [0, 0.05) is 24.5 Å². The number of benzene rings is 1. The van der Waals surface area contributed by atoms with Gasteiger partial charge < -0.3 is 20.9 Å². The molecule has 1 saturated heterocycles. The molecule has 1 fully saturated rings. The fourth-order valence-corrected chi connectivity index (χ4v) is 3.36. The summed E-state index contributed by atoms with van der Waals surface area (Å²) in [6.07, 6.45) is -2.11. The predicted molar refractivity (Wildman–Crippen MR) is 112 cm³/mol. The van der Waals surface area contributed by atoms with Gasteiger partial charge in [-0.3, -0.25) is 4.79 Å². The largest absolute Gasteiger partial charge is 0.416 e. The van der Waals surface area contributed by atoms with E-state index >= 15 is 0 Å². The second kappa shape index (κ2) is 8.49. The van der Waals surface area contributed by atoms with Crippen molar-refractivity contribution in [2.45, 2.75) is 25.6 Å². The van der Waals surface area contributed by atoms with E-state index < -0.39 is 17.3 Å². The van der Waals surface area contributed by atoms with Gasteiger partial charge in [-0.2, -0.15) is 18.2 Å². The third kappa shape index (κ3) is 4.65. The minimum atomic E-state index is -4.48. The van der Waals surface area contributed by atoms with Crippen molar-refractivity contribution in [2.75, 3.05) is 23.7 Å². The van der Waals surface area contributed by atoms with Gasteiger partial charge in [-0.25, -0.2) is 4.98 Å². The van der Waals surface area contributed by atoms with Crippen LogP contribution in [0.5, 0.6) is 0 Å². The van der Waals surface area contributed by atoms with Crippen LogP contribution in [-0.4, -0.2) is 34.1 Å². The summed E-state index contributed by atoms with van der Waals surface area (Å²) in [5.74, 6) is 0.451. The Balaban J connectivity index is 0.00000256. The lowest BCUT2D eigenvalue weighted by molar-refractivity contribution is -0.137. The van der Waals surface area contributed by atoms with Crippen LogP contribution in [0.25, 0.3) is 10.9 Å². The van der Waals surface area contributed by atoms with E-state index in [4.69, 9.17) is 0 Å². The second-order valence-electron chi connectivity index (χ2n) is 7.01. The number of halogens is 4. The zero-order valence-electron chi connectivity index (χ0n) is 15.9. The van der Waals surface area contributed by atoms with Crippen LogP contribution in [0, 0.1) is 6.92 Å². The summed E-state index contributed by atoms with van der Waals surface area (Å²) < 4.78 is 39.5. The standard InChI is InChI=1S/C19H19F3N6O.ClH/c1-10-6-11(19(20,21)22)8-13(7-10)25-16-15-14(3-5-24-17(15)29)27-18(28-16)26-12-2-4-23-9-12;/h3,5-8,12,23H,2,4,9H2,1H3,(H,24,29)(H2,25,26,27,28);1H/t12-;/m0./s1. The van der Waals surface area contributed by atoms with Gasteiger partial charge in [-0.15, -0.1) is 12.4 Å². The molecule has 7 nitrogen and oxygen atoms in total. The number of hydrogen-bond acceptors (Lipinski definition) is 6. The quantitative estimate of drug-likeness (QED) is 0.495. The van der Waals surface area contributed by atoms with Gasteiger partial charge in [0.2, 0.25) is 5.95 Å². The van der Waals surface area contributed by atoms with Crippen LogP contribution in [0.2, 0.25) is 0 Å². The number of pyridine rings is 1. The molecule has 1 aliphatic heterocycles. The van der Waals surface area contributed by atoms with Gasteiger partial charge in [0.15, 0.2) is 0 Å². The number of H-pyrrole nitrogens is 1. The molecule has 30 heavy (non-hydrogen) atoms. The van der Waals surface area contributed by atoms with Gasteiger partial charge >= 0.3 is 6.18 Å². The average Bonchev–Trinajstić information content (AvgIpc) is 3.13. The number of nitrogens with zero attached hydrogens (tertiary/aromatic N) is 2. The van der Waals surface area contributed by atoms with Crippen LogP contribution in [0.1, 0.15) is 17.5 Å². The maximum Gasteiger partial charge on any atom is 0.416 e. The van der Waals surface area contributed by atoms with Gasteiger partial charge in [0.25, 0.3) is 5.56 Å². The Morgan fingerprint density at radius 2 is 2.00 bits per heavy atom. The minimum absolute atomic E-state index is 0. The molecule has 0 amide bonds. The summed E-state index contributed by atoms with van der Waals surface area (Å²) in [6, 6.07) is 5.38. The number of aryl methyl sites for hydroxylation is 1. The van der Waals surface area contributed by atoms with Crippen molar-refractivity contribution in [1.29, 1.82) is 0 Å². The SMILES string of the molecule is Cc1cc(Nc2nc(N[C@H]3CCNC3)nc3cc[nH]c(=O)c23)cc(C(F)(F)F)c1.Cl. The molecule has 160 valence electrons. The number of anilines is 3. The van der Waals surface area contributed by atoms with Crippen LogP contribution in [-0.2, 0) is 6.18 Å². The van der Waals surface area contributed by atoms with E-state index in [9.17, 15) is 18.0 Å². The maximum atomic E-state index is 13.2. The van der Waals surface area contributed by atoms with Crippen LogP contribution in [0.15, 0.2) is 35.3 Å². The Kier molecular flexibility index (Phi) is 6.18. The molecule has 11 heteroatoms. The minimum Gasteiger partial charge on any atom is -0.350 e. The van der Waals surface area contributed by atoms with Crippen molar-refractivity contribution in [2.24, 2.45) is 0 Å². The maximum absolute atomic E-state index is 13.2. The van der Waals surface area contributed by atoms with Crippen LogP contribution < -0.4 is 21.5 Å². The highest BCUT2D eigenvalue weighted by Gasteiger charge is 2.31. The zero-order valence-corrected chi connectivity index (χ0v) is 16.7. The molecule has 1 atom stereocenters. The molecule has 0 aliphatic carbocycles. The molecule has 0 unspecified atom stereocenters. The first kappa shape index (κ1) is 21.8. The third-order valence-electron chi connectivity index (χ3n) is 4.68. The van der Waals surface area contributed by atoms with Crippen molar-refractivity contribution < 1.29 is 13.2 Å². The van der Waals surface area contributed by atoms with Crippen molar-refractivity contribution in [1.82, 2.24) is 20.3 Å². The monoisotopic (exact) mass is 440 g/mol. The smallest absolute Gasteiger partial charge is 0.350 e. The first-order valence-corrected chi connectivity index (χ1v) is 9.12. The summed E-state index contributed by atoms with van der Waals surface area (Å²) >= 11 is 0. The molecule has 3 aromatic rings. The molecule has 4 rings (SSSR count). The number of aromatic amines is 1. The predicted octanol–water partition coefficient (Wildman–Crippen LogP) is 3.58. The van der Waals surface area contributed by atoms with Gasteiger partial charge in [-0.05, 0) is 49.7 Å².